The Bertz CT molecular complexity index is 833. The molecule has 0 heterocycles. The molecule has 0 aliphatic carbocycles. The number of hydrogen-bond donors (Lipinski definition) is 4. The summed E-state index contributed by atoms with van der Waals surface area (Å²) in [5.74, 6) is -0.534. The summed E-state index contributed by atoms with van der Waals surface area (Å²) in [5, 5.41) is 14.5. The maximum absolute atomic E-state index is 12.5. The third-order valence-electron chi connectivity index (χ3n) is 5.89. The lowest BCUT2D eigenvalue weighted by Crippen LogP contribution is -2.44. The van der Waals surface area contributed by atoms with Crippen molar-refractivity contribution in [2.24, 2.45) is 0 Å². The van der Waals surface area contributed by atoms with Crippen molar-refractivity contribution in [2.75, 3.05) is 32.7 Å². The first-order valence-corrected chi connectivity index (χ1v) is 12.8. The van der Waals surface area contributed by atoms with E-state index in [1.165, 1.54) is 11.1 Å². The molecule has 0 aliphatic rings. The molecule has 2 aromatic rings. The van der Waals surface area contributed by atoms with Gasteiger partial charge in [0.05, 0.1) is 13.1 Å². The van der Waals surface area contributed by atoms with Gasteiger partial charge < -0.3 is 10.6 Å². The molecule has 36 heavy (non-hydrogen) atoms. The van der Waals surface area contributed by atoms with E-state index in [-0.39, 0.29) is 30.8 Å². The molecule has 196 valence electrons. The first-order chi connectivity index (χ1) is 17.6. The van der Waals surface area contributed by atoms with Crippen LogP contribution >= 0.6 is 0 Å². The summed E-state index contributed by atoms with van der Waals surface area (Å²) in [5.41, 5.74) is 3.99. The lowest BCUT2D eigenvalue weighted by molar-refractivity contribution is -0.129. The lowest BCUT2D eigenvalue weighted by Gasteiger charge is -2.21. The van der Waals surface area contributed by atoms with Gasteiger partial charge in [-0.2, -0.15) is 0 Å². The molecule has 0 aromatic heterocycles. The second kappa shape index (κ2) is 18.1. The molecular formula is C28H40N4O4. The number of carbonyl (C=O) groups excluding carboxylic acids is 3. The Labute approximate surface area is 214 Å². The van der Waals surface area contributed by atoms with Gasteiger partial charge in [-0.15, -0.1) is 0 Å². The fourth-order valence-corrected chi connectivity index (χ4v) is 3.92. The lowest BCUT2D eigenvalue weighted by atomic mass is 10.1. The Morgan fingerprint density at radius 2 is 1.11 bits per heavy atom. The number of nitrogens with one attached hydrogen (secondary N) is 3. The number of amides is 3. The Balaban J connectivity index is 1.73. The van der Waals surface area contributed by atoms with Crippen LogP contribution in [0.2, 0.25) is 0 Å². The predicted octanol–water partition coefficient (Wildman–Crippen LogP) is 2.85. The summed E-state index contributed by atoms with van der Waals surface area (Å²) in [7, 11) is 0. The summed E-state index contributed by atoms with van der Waals surface area (Å²) in [6.45, 7) is 2.12. The van der Waals surface area contributed by atoms with Gasteiger partial charge in [-0.1, -0.05) is 79.9 Å². The molecule has 0 bridgehead atoms. The van der Waals surface area contributed by atoms with Crippen molar-refractivity contribution in [3.63, 3.8) is 0 Å². The monoisotopic (exact) mass is 496 g/mol. The normalized spacial score (nSPS) is 10.7. The molecule has 8 heteroatoms. The second-order valence-electron chi connectivity index (χ2n) is 8.93. The zero-order valence-corrected chi connectivity index (χ0v) is 21.1. The number of carbonyl (C=O) groups is 3. The molecule has 0 aliphatic heterocycles. The number of hydrogen-bond acceptors (Lipinski definition) is 5. The van der Waals surface area contributed by atoms with Crippen molar-refractivity contribution in [1.82, 2.24) is 21.0 Å². The maximum Gasteiger partial charge on any atom is 0.243 e. The van der Waals surface area contributed by atoms with E-state index in [0.29, 0.717) is 26.1 Å². The van der Waals surface area contributed by atoms with E-state index < -0.39 is 0 Å². The average molecular weight is 497 g/mol. The number of rotatable bonds is 18. The smallest absolute Gasteiger partial charge is 0.243 e. The first kappa shape index (κ1) is 29.0. The summed E-state index contributed by atoms with van der Waals surface area (Å²) in [6.07, 6.45) is 6.23. The van der Waals surface area contributed by atoms with E-state index in [2.05, 4.69) is 10.6 Å². The number of hydroxylamine groups is 1. The number of benzene rings is 2. The highest BCUT2D eigenvalue weighted by atomic mass is 16.5. The van der Waals surface area contributed by atoms with Crippen molar-refractivity contribution in [1.29, 1.82) is 0 Å². The number of nitrogens with zero attached hydrogens (tertiary/aromatic N) is 1. The minimum atomic E-state index is -0.363. The molecule has 3 amide bonds. The van der Waals surface area contributed by atoms with Gasteiger partial charge in [0.25, 0.3) is 0 Å². The van der Waals surface area contributed by atoms with E-state index in [1.54, 1.807) is 5.48 Å². The van der Waals surface area contributed by atoms with E-state index >= 15 is 0 Å². The zero-order valence-electron chi connectivity index (χ0n) is 21.1. The van der Waals surface area contributed by atoms with Crippen molar-refractivity contribution in [2.45, 2.75) is 51.4 Å². The molecule has 0 saturated heterocycles. The molecule has 2 rings (SSSR count). The largest absolute Gasteiger partial charge is 0.355 e. The molecule has 0 radical (unpaired) electrons. The Morgan fingerprint density at radius 3 is 1.61 bits per heavy atom. The van der Waals surface area contributed by atoms with E-state index in [9.17, 15) is 14.4 Å². The van der Waals surface area contributed by atoms with Crippen LogP contribution < -0.4 is 16.1 Å². The summed E-state index contributed by atoms with van der Waals surface area (Å²) in [6, 6.07) is 20.0. The van der Waals surface area contributed by atoms with Crippen LogP contribution in [-0.4, -0.2) is 60.6 Å². The summed E-state index contributed by atoms with van der Waals surface area (Å²) >= 11 is 0. The molecule has 2 aromatic carbocycles. The third kappa shape index (κ3) is 13.6. The molecule has 0 spiro atoms. The van der Waals surface area contributed by atoms with Gasteiger partial charge in [-0.3, -0.25) is 24.5 Å². The van der Waals surface area contributed by atoms with Crippen LogP contribution in [0, 0.1) is 0 Å². The highest BCUT2D eigenvalue weighted by molar-refractivity contribution is 5.81. The second-order valence-corrected chi connectivity index (χ2v) is 8.93. The molecule has 0 saturated carbocycles. The van der Waals surface area contributed by atoms with Crippen LogP contribution in [0.4, 0.5) is 0 Å². The first-order valence-electron chi connectivity index (χ1n) is 12.8. The highest BCUT2D eigenvalue weighted by Gasteiger charge is 2.14. The Kier molecular flexibility index (Phi) is 14.6. The average Bonchev–Trinajstić information content (AvgIpc) is 2.89. The van der Waals surface area contributed by atoms with Crippen molar-refractivity contribution in [3.05, 3.63) is 71.8 Å². The van der Waals surface area contributed by atoms with Gasteiger partial charge in [-0.05, 0) is 43.4 Å². The Hall–Kier alpha value is -3.23. The van der Waals surface area contributed by atoms with Crippen molar-refractivity contribution in [3.8, 4) is 0 Å². The molecule has 0 unspecified atom stereocenters. The third-order valence-corrected chi connectivity index (χ3v) is 5.89. The minimum Gasteiger partial charge on any atom is -0.355 e. The van der Waals surface area contributed by atoms with Crippen LogP contribution in [0.5, 0.6) is 0 Å². The Morgan fingerprint density at radius 1 is 0.639 bits per heavy atom. The molecular weight excluding hydrogens is 456 g/mol. The van der Waals surface area contributed by atoms with Gasteiger partial charge in [0.1, 0.15) is 0 Å². The fraction of sp³-hybridized carbons (Fsp3) is 0.464. The molecule has 4 N–H and O–H groups in total. The predicted molar refractivity (Wildman–Crippen MR) is 140 cm³/mol. The minimum absolute atomic E-state index is 0.0852. The van der Waals surface area contributed by atoms with Crippen molar-refractivity contribution >= 4 is 17.7 Å². The van der Waals surface area contributed by atoms with E-state index in [0.717, 1.165) is 44.9 Å². The molecule has 0 atom stereocenters. The summed E-state index contributed by atoms with van der Waals surface area (Å²) < 4.78 is 0. The van der Waals surface area contributed by atoms with Crippen LogP contribution in [0.3, 0.4) is 0 Å². The van der Waals surface area contributed by atoms with Crippen molar-refractivity contribution < 1.29 is 19.6 Å². The topological polar surface area (TPSA) is 111 Å². The van der Waals surface area contributed by atoms with Gasteiger partial charge in [0, 0.05) is 19.5 Å². The number of unbranched alkanes of at least 4 members (excludes halogenated alkanes) is 4. The summed E-state index contributed by atoms with van der Waals surface area (Å²) in [4.78, 5) is 38.1. The van der Waals surface area contributed by atoms with Crippen LogP contribution in [-0.2, 0) is 27.2 Å². The quantitative estimate of drug-likeness (QED) is 0.144. The zero-order chi connectivity index (χ0) is 25.8. The van der Waals surface area contributed by atoms with Crippen LogP contribution in [0.25, 0.3) is 0 Å². The molecule has 0 fully saturated rings. The van der Waals surface area contributed by atoms with Gasteiger partial charge in [0.15, 0.2) is 0 Å². The fourth-order valence-electron chi connectivity index (χ4n) is 3.92. The SMILES string of the molecule is O=C(CCCCCCCN(CC(=O)NCCc1ccccc1)CC(=O)NCCc1ccccc1)NO. The van der Waals surface area contributed by atoms with Gasteiger partial charge in [0.2, 0.25) is 17.7 Å². The van der Waals surface area contributed by atoms with Gasteiger partial charge in [-0.25, -0.2) is 5.48 Å². The maximum atomic E-state index is 12.5. The van der Waals surface area contributed by atoms with Crippen LogP contribution in [0.15, 0.2) is 60.7 Å². The standard InChI is InChI=1S/C28H40N4O4/c33-26(31-36)16-10-2-1-3-11-21-32(22-27(34)29-19-17-24-12-6-4-7-13-24)23-28(35)30-20-18-25-14-8-5-9-15-25/h4-9,12-15,36H,1-3,10-11,16-23H2,(H,29,34)(H,30,35)(H,31,33). The molecule has 8 nitrogen and oxygen atoms in total. The van der Waals surface area contributed by atoms with E-state index in [1.807, 2.05) is 65.6 Å². The highest BCUT2D eigenvalue weighted by Crippen LogP contribution is 2.07. The van der Waals surface area contributed by atoms with Crippen LogP contribution in [0.1, 0.15) is 49.7 Å². The van der Waals surface area contributed by atoms with Gasteiger partial charge >= 0.3 is 0 Å². The van der Waals surface area contributed by atoms with E-state index in [4.69, 9.17) is 5.21 Å².